The maximum absolute atomic E-state index is 4.60. The Kier molecular flexibility index (Phi) is 4.40. The Bertz CT molecular complexity index is 809. The van der Waals surface area contributed by atoms with Crippen LogP contribution in [0.4, 0.5) is 5.82 Å². The highest BCUT2D eigenvalue weighted by atomic mass is 32.2. The highest BCUT2D eigenvalue weighted by Gasteiger charge is 2.19. The summed E-state index contributed by atoms with van der Waals surface area (Å²) in [7, 11) is 0. The van der Waals surface area contributed by atoms with Gasteiger partial charge in [0.15, 0.2) is 0 Å². The highest BCUT2D eigenvalue weighted by molar-refractivity contribution is 7.96. The van der Waals surface area contributed by atoms with Gasteiger partial charge in [0, 0.05) is 60.3 Å². The second kappa shape index (κ2) is 6.83. The fourth-order valence-corrected chi connectivity index (χ4v) is 3.81. The third kappa shape index (κ3) is 3.12. The van der Waals surface area contributed by atoms with Crippen LogP contribution >= 0.6 is 11.9 Å². The number of pyridine rings is 2. The standard InChI is InChI=1S/C18H21N5S/c1-24-23-8-4-15(5-9-23)22-17-10-16-13(12-21-17)3-7-20-18(16)14-2-6-19-11-14/h2-3,6-7,10-12,15,19H,4-5,8-9H2,1H3,(H,21,22). The van der Waals surface area contributed by atoms with Gasteiger partial charge in [0.05, 0.1) is 5.69 Å². The Labute approximate surface area is 146 Å². The van der Waals surface area contributed by atoms with E-state index in [2.05, 4.69) is 36.9 Å². The molecule has 2 N–H and O–H groups in total. The average molecular weight is 339 g/mol. The van der Waals surface area contributed by atoms with E-state index < -0.39 is 0 Å². The van der Waals surface area contributed by atoms with Crippen LogP contribution in [0.25, 0.3) is 22.0 Å². The molecule has 0 unspecified atom stereocenters. The van der Waals surface area contributed by atoms with Gasteiger partial charge in [-0.2, -0.15) is 0 Å². The zero-order valence-electron chi connectivity index (χ0n) is 13.7. The summed E-state index contributed by atoms with van der Waals surface area (Å²) in [5.41, 5.74) is 2.10. The molecule has 0 aromatic carbocycles. The van der Waals surface area contributed by atoms with Crippen LogP contribution in [0, 0.1) is 0 Å². The predicted molar refractivity (Wildman–Crippen MR) is 101 cm³/mol. The van der Waals surface area contributed by atoms with Crippen LogP contribution in [0.15, 0.2) is 43.0 Å². The Morgan fingerprint density at radius 1 is 1.25 bits per heavy atom. The number of nitrogens with zero attached hydrogens (tertiary/aromatic N) is 3. The Morgan fingerprint density at radius 2 is 2.12 bits per heavy atom. The van der Waals surface area contributed by atoms with Crippen molar-refractivity contribution >= 4 is 28.5 Å². The Morgan fingerprint density at radius 3 is 2.88 bits per heavy atom. The zero-order chi connectivity index (χ0) is 16.4. The molecule has 5 nitrogen and oxygen atoms in total. The zero-order valence-corrected chi connectivity index (χ0v) is 14.5. The van der Waals surface area contributed by atoms with Crippen molar-refractivity contribution in [2.24, 2.45) is 0 Å². The molecule has 0 radical (unpaired) electrons. The van der Waals surface area contributed by atoms with Gasteiger partial charge in [0.1, 0.15) is 5.82 Å². The van der Waals surface area contributed by atoms with Gasteiger partial charge in [0.25, 0.3) is 0 Å². The van der Waals surface area contributed by atoms with Crippen LogP contribution < -0.4 is 5.32 Å². The molecular weight excluding hydrogens is 318 g/mol. The molecule has 1 fully saturated rings. The quantitative estimate of drug-likeness (QED) is 0.709. The largest absolute Gasteiger partial charge is 0.367 e. The second-order valence-corrected chi connectivity index (χ2v) is 6.96. The molecule has 0 amide bonds. The van der Waals surface area contributed by atoms with Crippen LogP contribution in [-0.4, -0.2) is 44.6 Å². The molecule has 1 aliphatic rings. The molecule has 1 aliphatic heterocycles. The van der Waals surface area contributed by atoms with Crippen molar-refractivity contribution in [3.8, 4) is 11.3 Å². The number of nitrogens with one attached hydrogen (secondary N) is 2. The van der Waals surface area contributed by atoms with Crippen LogP contribution in [-0.2, 0) is 0 Å². The molecule has 4 heterocycles. The number of H-pyrrole nitrogens is 1. The van der Waals surface area contributed by atoms with Crippen molar-refractivity contribution in [1.29, 1.82) is 0 Å². The number of hydrogen-bond donors (Lipinski definition) is 2. The van der Waals surface area contributed by atoms with E-state index >= 15 is 0 Å². The first-order chi connectivity index (χ1) is 11.8. The molecule has 6 heteroatoms. The summed E-state index contributed by atoms with van der Waals surface area (Å²) in [6, 6.07) is 6.68. The summed E-state index contributed by atoms with van der Waals surface area (Å²) in [6.45, 7) is 2.26. The molecule has 124 valence electrons. The molecule has 0 aliphatic carbocycles. The number of rotatable bonds is 4. The molecule has 0 bridgehead atoms. The van der Waals surface area contributed by atoms with E-state index in [0.717, 1.165) is 53.8 Å². The number of piperidine rings is 1. The molecule has 0 atom stereocenters. The maximum Gasteiger partial charge on any atom is 0.126 e. The first-order valence-electron chi connectivity index (χ1n) is 8.27. The topological polar surface area (TPSA) is 56.8 Å². The van der Waals surface area contributed by atoms with Crippen molar-refractivity contribution in [2.45, 2.75) is 18.9 Å². The number of aromatic amines is 1. The van der Waals surface area contributed by atoms with Gasteiger partial charge < -0.3 is 10.3 Å². The molecular formula is C18H21N5S. The van der Waals surface area contributed by atoms with Crippen molar-refractivity contribution in [3.05, 3.63) is 43.0 Å². The Hall–Kier alpha value is -2.05. The second-order valence-electron chi connectivity index (χ2n) is 6.08. The smallest absolute Gasteiger partial charge is 0.126 e. The summed E-state index contributed by atoms with van der Waals surface area (Å²) < 4.78 is 2.42. The minimum absolute atomic E-state index is 0.491. The van der Waals surface area contributed by atoms with Crippen molar-refractivity contribution in [2.75, 3.05) is 24.7 Å². The molecule has 24 heavy (non-hydrogen) atoms. The van der Waals surface area contributed by atoms with Gasteiger partial charge >= 0.3 is 0 Å². The summed E-state index contributed by atoms with van der Waals surface area (Å²) >= 11 is 1.84. The normalized spacial score (nSPS) is 16.5. The number of fused-ring (bicyclic) bond motifs is 1. The van der Waals surface area contributed by atoms with Gasteiger partial charge in [-0.3, -0.25) is 9.29 Å². The van der Waals surface area contributed by atoms with E-state index in [0.29, 0.717) is 6.04 Å². The SMILES string of the molecule is CSN1CCC(Nc2cc3c(-c4cc[nH]c4)nccc3cn2)CC1. The van der Waals surface area contributed by atoms with Crippen LogP contribution in [0.5, 0.6) is 0 Å². The van der Waals surface area contributed by atoms with Crippen molar-refractivity contribution in [1.82, 2.24) is 19.3 Å². The lowest BCUT2D eigenvalue weighted by Crippen LogP contribution is -2.35. The number of anilines is 1. The van der Waals surface area contributed by atoms with E-state index in [1.165, 1.54) is 0 Å². The first kappa shape index (κ1) is 15.5. The number of aromatic nitrogens is 3. The molecule has 3 aromatic heterocycles. The summed E-state index contributed by atoms with van der Waals surface area (Å²) in [6.07, 6.45) is 12.1. The van der Waals surface area contributed by atoms with Gasteiger partial charge in [0.2, 0.25) is 0 Å². The Balaban J connectivity index is 1.60. The van der Waals surface area contributed by atoms with Gasteiger partial charge in [-0.05, 0) is 37.3 Å². The summed E-state index contributed by atoms with van der Waals surface area (Å²) in [5, 5.41) is 5.86. The molecule has 0 saturated carbocycles. The molecule has 3 aromatic rings. The summed E-state index contributed by atoms with van der Waals surface area (Å²) in [5.74, 6) is 0.940. The van der Waals surface area contributed by atoms with Crippen LogP contribution in [0.2, 0.25) is 0 Å². The molecule has 1 saturated heterocycles. The van der Waals surface area contributed by atoms with E-state index in [9.17, 15) is 0 Å². The van der Waals surface area contributed by atoms with Gasteiger partial charge in [-0.1, -0.05) is 11.9 Å². The third-order valence-electron chi connectivity index (χ3n) is 4.58. The van der Waals surface area contributed by atoms with E-state index in [4.69, 9.17) is 0 Å². The minimum atomic E-state index is 0.491. The molecule has 4 rings (SSSR count). The first-order valence-corrected chi connectivity index (χ1v) is 9.45. The van der Waals surface area contributed by atoms with E-state index in [-0.39, 0.29) is 0 Å². The fraction of sp³-hybridized carbons (Fsp3) is 0.333. The van der Waals surface area contributed by atoms with Gasteiger partial charge in [-0.25, -0.2) is 4.98 Å². The maximum atomic E-state index is 4.60. The van der Waals surface area contributed by atoms with E-state index in [1.807, 2.05) is 48.9 Å². The van der Waals surface area contributed by atoms with Crippen LogP contribution in [0.3, 0.4) is 0 Å². The average Bonchev–Trinajstić information content (AvgIpc) is 3.16. The lowest BCUT2D eigenvalue weighted by atomic mass is 10.1. The van der Waals surface area contributed by atoms with Crippen molar-refractivity contribution < 1.29 is 0 Å². The highest BCUT2D eigenvalue weighted by Crippen LogP contribution is 2.28. The monoisotopic (exact) mass is 339 g/mol. The summed E-state index contributed by atoms with van der Waals surface area (Å²) in [4.78, 5) is 12.3. The van der Waals surface area contributed by atoms with E-state index in [1.54, 1.807) is 0 Å². The predicted octanol–water partition coefficient (Wildman–Crippen LogP) is 3.78. The third-order valence-corrected chi connectivity index (χ3v) is 5.46. The van der Waals surface area contributed by atoms with Crippen LogP contribution in [0.1, 0.15) is 12.8 Å². The fourth-order valence-electron chi connectivity index (χ4n) is 3.24. The minimum Gasteiger partial charge on any atom is -0.367 e. The number of hydrogen-bond acceptors (Lipinski definition) is 5. The lowest BCUT2D eigenvalue weighted by Gasteiger charge is -2.30. The van der Waals surface area contributed by atoms with Gasteiger partial charge in [-0.15, -0.1) is 0 Å². The molecule has 0 spiro atoms. The lowest BCUT2D eigenvalue weighted by molar-refractivity contribution is 0.359. The van der Waals surface area contributed by atoms with Crippen molar-refractivity contribution in [3.63, 3.8) is 0 Å².